The van der Waals surface area contributed by atoms with Gasteiger partial charge in [0.2, 0.25) is 5.91 Å². The van der Waals surface area contributed by atoms with Crippen molar-refractivity contribution in [1.29, 1.82) is 0 Å². The molecule has 0 radical (unpaired) electrons. The Balaban J connectivity index is 1.34. The summed E-state index contributed by atoms with van der Waals surface area (Å²) in [6, 6.07) is 18.1. The molecule has 2 amide bonds. The van der Waals surface area contributed by atoms with Gasteiger partial charge in [-0.05, 0) is 65.9 Å². The molecule has 8 bridgehead atoms. The second kappa shape index (κ2) is 11.6. The first-order valence-corrected chi connectivity index (χ1v) is 13.6. The highest BCUT2D eigenvalue weighted by Gasteiger charge is 2.32. The third-order valence-corrected chi connectivity index (χ3v) is 7.26. The van der Waals surface area contributed by atoms with E-state index < -0.39 is 0 Å². The van der Waals surface area contributed by atoms with Gasteiger partial charge in [0.05, 0.1) is 30.1 Å². The first-order chi connectivity index (χ1) is 20.0. The van der Waals surface area contributed by atoms with Gasteiger partial charge in [-0.1, -0.05) is 18.2 Å². The number of fused-ring (bicyclic) bond motifs is 6. The van der Waals surface area contributed by atoms with Gasteiger partial charge in [-0.15, -0.1) is 0 Å². The number of aromatic nitrogens is 3. The highest BCUT2D eigenvalue weighted by atomic mass is 16.5. The van der Waals surface area contributed by atoms with Crippen LogP contribution in [0.15, 0.2) is 77.9 Å². The van der Waals surface area contributed by atoms with Gasteiger partial charge in [0.15, 0.2) is 0 Å². The summed E-state index contributed by atoms with van der Waals surface area (Å²) in [4.78, 5) is 43.7. The second-order valence-corrected chi connectivity index (χ2v) is 10.1. The normalized spacial score (nSPS) is 16.5. The summed E-state index contributed by atoms with van der Waals surface area (Å²) in [5.74, 6) is 1.57. The van der Waals surface area contributed by atoms with E-state index in [4.69, 9.17) is 9.47 Å². The van der Waals surface area contributed by atoms with Crippen LogP contribution in [0.4, 0.5) is 0 Å². The SMILES string of the molecule is O=C1NCCCOc2cccc(c2)C2c3ccc(cc3CCN2C(=O)CCc2ccc(=O)[nH]n2)Oc2cncc1c2. The molecule has 1 unspecified atom stereocenters. The Morgan fingerprint density at radius 3 is 2.80 bits per heavy atom. The molecule has 4 aromatic rings. The quantitative estimate of drug-likeness (QED) is 0.399. The topological polar surface area (TPSA) is 127 Å². The van der Waals surface area contributed by atoms with Crippen molar-refractivity contribution in [3.8, 4) is 17.2 Å². The monoisotopic (exact) mass is 551 g/mol. The van der Waals surface area contributed by atoms with Crippen molar-refractivity contribution in [3.63, 3.8) is 0 Å². The van der Waals surface area contributed by atoms with Gasteiger partial charge in [0.25, 0.3) is 11.5 Å². The molecule has 3 aliphatic heterocycles. The Kier molecular flexibility index (Phi) is 7.44. The van der Waals surface area contributed by atoms with Gasteiger partial charge in [0.1, 0.15) is 17.2 Å². The van der Waals surface area contributed by atoms with E-state index in [0.29, 0.717) is 67.5 Å². The minimum atomic E-state index is -0.310. The van der Waals surface area contributed by atoms with E-state index in [1.165, 1.54) is 12.3 Å². The van der Waals surface area contributed by atoms with Gasteiger partial charge in [-0.3, -0.25) is 19.4 Å². The van der Waals surface area contributed by atoms with Crippen molar-refractivity contribution in [2.45, 2.75) is 31.7 Å². The average molecular weight is 552 g/mol. The molecule has 0 spiro atoms. The van der Waals surface area contributed by atoms with Gasteiger partial charge in [-0.25, -0.2) is 5.10 Å². The molecular formula is C31H29N5O5. The van der Waals surface area contributed by atoms with Crippen LogP contribution in [0.3, 0.4) is 0 Å². The van der Waals surface area contributed by atoms with Crippen LogP contribution in [0, 0.1) is 0 Å². The molecule has 5 heterocycles. The predicted octanol–water partition coefficient (Wildman–Crippen LogP) is 3.58. The number of carbonyl (C=O) groups excluding carboxylic acids is 2. The number of pyridine rings is 1. The van der Waals surface area contributed by atoms with E-state index in [2.05, 4.69) is 20.5 Å². The fourth-order valence-corrected chi connectivity index (χ4v) is 5.26. The summed E-state index contributed by atoms with van der Waals surface area (Å²) in [5.41, 5.74) is 3.84. The first-order valence-electron chi connectivity index (χ1n) is 13.6. The molecule has 10 nitrogen and oxygen atoms in total. The predicted molar refractivity (Wildman–Crippen MR) is 150 cm³/mol. The zero-order chi connectivity index (χ0) is 28.2. The summed E-state index contributed by atoms with van der Waals surface area (Å²) in [6.07, 6.45) is 5.05. The smallest absolute Gasteiger partial charge is 0.264 e. The number of nitrogens with one attached hydrogen (secondary N) is 2. The Morgan fingerprint density at radius 1 is 1.00 bits per heavy atom. The summed E-state index contributed by atoms with van der Waals surface area (Å²) in [7, 11) is 0. The number of aromatic amines is 1. The van der Waals surface area contributed by atoms with E-state index in [-0.39, 0.29) is 29.8 Å². The lowest BCUT2D eigenvalue weighted by atomic mass is 9.87. The van der Waals surface area contributed by atoms with Crippen LogP contribution in [0.25, 0.3) is 0 Å². The first kappa shape index (κ1) is 26.2. The fourth-order valence-electron chi connectivity index (χ4n) is 5.26. The summed E-state index contributed by atoms with van der Waals surface area (Å²) >= 11 is 0. The van der Waals surface area contributed by atoms with Crippen molar-refractivity contribution >= 4 is 11.8 Å². The Labute approximate surface area is 236 Å². The van der Waals surface area contributed by atoms with Gasteiger partial charge < -0.3 is 19.7 Å². The van der Waals surface area contributed by atoms with E-state index in [1.807, 2.05) is 47.4 Å². The molecule has 0 aliphatic carbocycles. The minimum absolute atomic E-state index is 0.000991. The lowest BCUT2D eigenvalue weighted by Crippen LogP contribution is -2.40. The van der Waals surface area contributed by atoms with Crippen LogP contribution in [0.2, 0.25) is 0 Å². The number of hydrogen-bond donors (Lipinski definition) is 2. The van der Waals surface area contributed by atoms with E-state index in [1.54, 1.807) is 18.3 Å². The van der Waals surface area contributed by atoms with Crippen molar-refractivity contribution in [2.24, 2.45) is 0 Å². The summed E-state index contributed by atoms with van der Waals surface area (Å²) in [6.45, 7) is 1.40. The Morgan fingerprint density at radius 2 is 1.93 bits per heavy atom. The highest BCUT2D eigenvalue weighted by Crippen LogP contribution is 2.39. The standard InChI is InChI=1S/C31H29N5O5/c37-28-9-5-23(34-35-28)6-10-29(38)36-13-11-20-15-25-7-8-27(20)30(36)21-3-1-4-24(16-21)40-14-2-12-33-31(39)22-17-26(41-25)19-32-18-22/h1,3-5,7-9,15-19,30H,2,6,10-14H2,(H,33,39)(H,35,37). The van der Waals surface area contributed by atoms with Crippen molar-refractivity contribution in [1.82, 2.24) is 25.4 Å². The largest absolute Gasteiger partial charge is 0.494 e. The average Bonchev–Trinajstić information content (AvgIpc) is 2.99. The van der Waals surface area contributed by atoms with E-state index in [0.717, 1.165) is 16.7 Å². The third-order valence-electron chi connectivity index (χ3n) is 7.26. The molecule has 0 fully saturated rings. The number of carbonyl (C=O) groups is 2. The van der Waals surface area contributed by atoms with Crippen molar-refractivity contribution in [2.75, 3.05) is 19.7 Å². The zero-order valence-electron chi connectivity index (χ0n) is 22.3. The number of hydrogen-bond acceptors (Lipinski definition) is 7. The van der Waals surface area contributed by atoms with E-state index >= 15 is 0 Å². The number of rotatable bonds is 3. The number of H-pyrrole nitrogens is 1. The molecule has 7 rings (SSSR count). The maximum absolute atomic E-state index is 13.6. The number of nitrogens with zero attached hydrogens (tertiary/aromatic N) is 3. The van der Waals surface area contributed by atoms with E-state index in [9.17, 15) is 14.4 Å². The molecule has 208 valence electrons. The number of amides is 2. The maximum Gasteiger partial charge on any atom is 0.264 e. The van der Waals surface area contributed by atoms with Gasteiger partial charge in [0, 0.05) is 38.2 Å². The van der Waals surface area contributed by atoms with Crippen LogP contribution in [-0.4, -0.2) is 51.6 Å². The van der Waals surface area contributed by atoms with Crippen LogP contribution < -0.4 is 20.3 Å². The van der Waals surface area contributed by atoms with Crippen molar-refractivity contribution in [3.05, 3.63) is 111 Å². The highest BCUT2D eigenvalue weighted by molar-refractivity contribution is 5.94. The fraction of sp³-hybridized carbons (Fsp3) is 0.258. The molecular weight excluding hydrogens is 522 g/mol. The Hall–Kier alpha value is -4.99. The molecule has 3 aliphatic rings. The number of aryl methyl sites for hydroxylation is 1. The zero-order valence-corrected chi connectivity index (χ0v) is 22.3. The molecule has 0 saturated carbocycles. The molecule has 2 aromatic carbocycles. The minimum Gasteiger partial charge on any atom is -0.494 e. The maximum atomic E-state index is 13.6. The molecule has 2 aromatic heterocycles. The van der Waals surface area contributed by atoms with Gasteiger partial charge in [-0.2, -0.15) is 5.10 Å². The molecule has 2 N–H and O–H groups in total. The van der Waals surface area contributed by atoms with Crippen LogP contribution in [0.1, 0.15) is 51.6 Å². The third kappa shape index (κ3) is 5.96. The molecule has 10 heteroatoms. The lowest BCUT2D eigenvalue weighted by Gasteiger charge is -2.38. The number of benzene rings is 2. The summed E-state index contributed by atoms with van der Waals surface area (Å²) < 4.78 is 12.1. The van der Waals surface area contributed by atoms with Crippen molar-refractivity contribution < 1.29 is 19.1 Å². The molecule has 41 heavy (non-hydrogen) atoms. The second-order valence-electron chi connectivity index (χ2n) is 10.1. The molecule has 0 saturated heterocycles. The van der Waals surface area contributed by atoms with Crippen LogP contribution in [0.5, 0.6) is 17.2 Å². The van der Waals surface area contributed by atoms with Crippen LogP contribution >= 0.6 is 0 Å². The summed E-state index contributed by atoms with van der Waals surface area (Å²) in [5, 5.41) is 9.37. The Bertz CT molecular complexity index is 1630. The van der Waals surface area contributed by atoms with Gasteiger partial charge >= 0.3 is 0 Å². The number of ether oxygens (including phenoxy) is 2. The van der Waals surface area contributed by atoms with Crippen LogP contribution in [-0.2, 0) is 17.6 Å². The lowest BCUT2D eigenvalue weighted by molar-refractivity contribution is -0.133. The molecule has 1 atom stereocenters.